The highest BCUT2D eigenvalue weighted by molar-refractivity contribution is 5.58. The Balaban J connectivity index is 2.29. The predicted octanol–water partition coefficient (Wildman–Crippen LogP) is 1.61. The van der Waals surface area contributed by atoms with Crippen molar-refractivity contribution in [1.29, 1.82) is 0 Å². The van der Waals surface area contributed by atoms with E-state index < -0.39 is 0 Å². The summed E-state index contributed by atoms with van der Waals surface area (Å²) in [4.78, 5) is 12.3. The summed E-state index contributed by atoms with van der Waals surface area (Å²) in [5.74, 6) is 5.94. The molecule has 0 atom stereocenters. The van der Waals surface area contributed by atoms with Crippen LogP contribution in [0, 0.1) is 6.92 Å². The van der Waals surface area contributed by atoms with Gasteiger partial charge in [-0.15, -0.1) is 0 Å². The number of rotatable bonds is 5. The molecule has 0 bridgehead atoms. The molecule has 0 aliphatic heterocycles. The summed E-state index contributed by atoms with van der Waals surface area (Å²) < 4.78 is 5.26. The Morgan fingerprint density at radius 3 is 2.58 bits per heavy atom. The lowest BCUT2D eigenvalue weighted by Crippen LogP contribution is -2.13. The first-order chi connectivity index (χ1) is 9.22. The van der Waals surface area contributed by atoms with Crippen molar-refractivity contribution in [3.8, 4) is 6.01 Å². The number of nitrogens with zero attached hydrogens (tertiary/aromatic N) is 3. The number of aromatic nitrogens is 3. The fourth-order valence-electron chi connectivity index (χ4n) is 1.50. The third kappa shape index (κ3) is 3.29. The van der Waals surface area contributed by atoms with E-state index in [0.717, 1.165) is 11.3 Å². The molecule has 7 nitrogen and oxygen atoms in total. The summed E-state index contributed by atoms with van der Waals surface area (Å²) in [5.41, 5.74) is 4.39. The van der Waals surface area contributed by atoms with Gasteiger partial charge in [0, 0.05) is 5.69 Å². The van der Waals surface area contributed by atoms with Crippen LogP contribution in [-0.4, -0.2) is 21.6 Å². The van der Waals surface area contributed by atoms with E-state index in [1.807, 2.05) is 38.1 Å². The summed E-state index contributed by atoms with van der Waals surface area (Å²) in [6.45, 7) is 4.32. The Kier molecular flexibility index (Phi) is 4.09. The maximum atomic E-state index is 5.32. The number of hydrogen-bond acceptors (Lipinski definition) is 7. The fraction of sp³-hybridized carbons (Fsp3) is 0.250. The van der Waals surface area contributed by atoms with Crippen molar-refractivity contribution in [2.24, 2.45) is 5.84 Å². The summed E-state index contributed by atoms with van der Waals surface area (Å²) in [5, 5.41) is 3.11. The minimum absolute atomic E-state index is 0.224. The molecule has 0 aliphatic rings. The van der Waals surface area contributed by atoms with Crippen LogP contribution >= 0.6 is 0 Å². The minimum Gasteiger partial charge on any atom is -0.464 e. The number of nitrogens with two attached hydrogens (primary N) is 1. The molecule has 19 heavy (non-hydrogen) atoms. The van der Waals surface area contributed by atoms with Crippen molar-refractivity contribution in [3.05, 3.63) is 29.8 Å². The number of hydrogen-bond donors (Lipinski definition) is 3. The highest BCUT2D eigenvalue weighted by Gasteiger charge is 2.07. The van der Waals surface area contributed by atoms with Crippen LogP contribution in [0.4, 0.5) is 17.6 Å². The topological polar surface area (TPSA) is 98.0 Å². The second-order valence-corrected chi connectivity index (χ2v) is 3.78. The first-order valence-electron chi connectivity index (χ1n) is 5.91. The summed E-state index contributed by atoms with van der Waals surface area (Å²) in [6, 6.07) is 8.06. The van der Waals surface area contributed by atoms with Gasteiger partial charge in [-0.1, -0.05) is 18.2 Å². The van der Waals surface area contributed by atoms with Gasteiger partial charge in [0.05, 0.1) is 6.61 Å². The van der Waals surface area contributed by atoms with E-state index in [4.69, 9.17) is 10.6 Å². The molecule has 4 N–H and O–H groups in total. The van der Waals surface area contributed by atoms with Crippen LogP contribution in [0.3, 0.4) is 0 Å². The molecule has 0 aliphatic carbocycles. The number of para-hydroxylation sites is 1. The molecule has 0 amide bonds. The van der Waals surface area contributed by atoms with Crippen molar-refractivity contribution >= 4 is 17.6 Å². The Hall–Kier alpha value is -2.41. The molecule has 0 radical (unpaired) electrons. The van der Waals surface area contributed by atoms with Crippen LogP contribution in [0.1, 0.15) is 12.5 Å². The molecule has 2 aromatic rings. The van der Waals surface area contributed by atoms with Crippen LogP contribution in [0.25, 0.3) is 0 Å². The third-order valence-corrected chi connectivity index (χ3v) is 2.41. The first-order valence-corrected chi connectivity index (χ1v) is 5.91. The highest BCUT2D eigenvalue weighted by Crippen LogP contribution is 2.19. The van der Waals surface area contributed by atoms with Gasteiger partial charge in [-0.2, -0.15) is 15.0 Å². The third-order valence-electron chi connectivity index (χ3n) is 2.41. The highest BCUT2D eigenvalue weighted by atomic mass is 16.5. The van der Waals surface area contributed by atoms with Gasteiger partial charge in [0.2, 0.25) is 11.9 Å². The molecule has 1 heterocycles. The monoisotopic (exact) mass is 260 g/mol. The van der Waals surface area contributed by atoms with Gasteiger partial charge in [0.1, 0.15) is 0 Å². The number of aryl methyl sites for hydroxylation is 1. The quantitative estimate of drug-likeness (QED) is 0.555. The van der Waals surface area contributed by atoms with E-state index in [9.17, 15) is 0 Å². The van der Waals surface area contributed by atoms with Gasteiger partial charge in [-0.25, -0.2) is 5.84 Å². The van der Waals surface area contributed by atoms with E-state index in [1.54, 1.807) is 0 Å². The van der Waals surface area contributed by atoms with Crippen molar-refractivity contribution in [2.75, 3.05) is 17.3 Å². The molecule has 100 valence electrons. The molecule has 0 saturated heterocycles. The van der Waals surface area contributed by atoms with Gasteiger partial charge in [0.25, 0.3) is 0 Å². The van der Waals surface area contributed by atoms with E-state index in [2.05, 4.69) is 25.7 Å². The van der Waals surface area contributed by atoms with E-state index in [-0.39, 0.29) is 12.0 Å². The number of nitrogens with one attached hydrogen (secondary N) is 2. The maximum absolute atomic E-state index is 5.32. The van der Waals surface area contributed by atoms with Crippen molar-refractivity contribution in [1.82, 2.24) is 15.0 Å². The number of benzene rings is 1. The van der Waals surface area contributed by atoms with Crippen LogP contribution in [0.5, 0.6) is 6.01 Å². The van der Waals surface area contributed by atoms with E-state index in [1.165, 1.54) is 0 Å². The number of anilines is 3. The first kappa shape index (κ1) is 13.0. The average molecular weight is 260 g/mol. The number of nitrogen functional groups attached to an aromatic ring is 1. The van der Waals surface area contributed by atoms with Crippen molar-refractivity contribution in [3.63, 3.8) is 0 Å². The SMILES string of the molecule is CCOc1nc(NN)nc(Nc2ccccc2C)n1. The van der Waals surface area contributed by atoms with E-state index in [0.29, 0.717) is 12.6 Å². The molecule has 0 unspecified atom stereocenters. The molecule has 0 fully saturated rings. The summed E-state index contributed by atoms with van der Waals surface area (Å²) >= 11 is 0. The zero-order chi connectivity index (χ0) is 13.7. The molecule has 1 aromatic carbocycles. The van der Waals surface area contributed by atoms with E-state index >= 15 is 0 Å². The standard InChI is InChI=1S/C12H16N6O/c1-3-19-12-16-10(15-11(17-12)18-13)14-9-7-5-4-6-8(9)2/h4-7H,3,13H2,1-2H3,(H2,14,15,16,17,18). The van der Waals surface area contributed by atoms with Gasteiger partial charge in [-0.05, 0) is 25.5 Å². The lowest BCUT2D eigenvalue weighted by molar-refractivity contribution is 0.312. The van der Waals surface area contributed by atoms with Gasteiger partial charge >= 0.3 is 6.01 Å². The Bertz CT molecular complexity index is 560. The van der Waals surface area contributed by atoms with Crippen LogP contribution in [0.2, 0.25) is 0 Å². The smallest absolute Gasteiger partial charge is 0.323 e. The van der Waals surface area contributed by atoms with Gasteiger partial charge in [-0.3, -0.25) is 5.43 Å². The van der Waals surface area contributed by atoms with Crippen LogP contribution in [0.15, 0.2) is 24.3 Å². The second-order valence-electron chi connectivity index (χ2n) is 3.78. The predicted molar refractivity (Wildman–Crippen MR) is 73.3 cm³/mol. The fourth-order valence-corrected chi connectivity index (χ4v) is 1.50. The van der Waals surface area contributed by atoms with Crippen LogP contribution in [-0.2, 0) is 0 Å². The van der Waals surface area contributed by atoms with Gasteiger partial charge < -0.3 is 10.1 Å². The molecule has 2 rings (SSSR count). The Morgan fingerprint density at radius 1 is 1.16 bits per heavy atom. The Labute approximate surface area is 111 Å². The second kappa shape index (κ2) is 5.96. The molecule has 1 aromatic heterocycles. The number of ether oxygens (including phenoxy) is 1. The maximum Gasteiger partial charge on any atom is 0.323 e. The molecule has 7 heteroatoms. The molecule has 0 saturated carbocycles. The van der Waals surface area contributed by atoms with Crippen LogP contribution < -0.4 is 21.3 Å². The largest absolute Gasteiger partial charge is 0.464 e. The molecular formula is C12H16N6O. The number of hydrazine groups is 1. The normalized spacial score (nSPS) is 10.1. The molecular weight excluding hydrogens is 244 g/mol. The van der Waals surface area contributed by atoms with Gasteiger partial charge in [0.15, 0.2) is 0 Å². The summed E-state index contributed by atoms with van der Waals surface area (Å²) in [6.07, 6.45) is 0. The summed E-state index contributed by atoms with van der Waals surface area (Å²) in [7, 11) is 0. The molecule has 0 spiro atoms. The zero-order valence-corrected chi connectivity index (χ0v) is 10.8. The average Bonchev–Trinajstić information content (AvgIpc) is 2.41. The van der Waals surface area contributed by atoms with Crippen molar-refractivity contribution < 1.29 is 4.74 Å². The zero-order valence-electron chi connectivity index (χ0n) is 10.8. The lowest BCUT2D eigenvalue weighted by Gasteiger charge is -2.10. The van der Waals surface area contributed by atoms with Crippen molar-refractivity contribution in [2.45, 2.75) is 13.8 Å². The lowest BCUT2D eigenvalue weighted by atomic mass is 10.2. The Morgan fingerprint density at radius 2 is 1.89 bits per heavy atom. The minimum atomic E-state index is 0.224.